The van der Waals surface area contributed by atoms with Crippen LogP contribution in [0.25, 0.3) is 0 Å². The summed E-state index contributed by atoms with van der Waals surface area (Å²) in [5.41, 5.74) is 0.526. The van der Waals surface area contributed by atoms with Gasteiger partial charge in [-0.25, -0.2) is 0 Å². The van der Waals surface area contributed by atoms with E-state index >= 15 is 0 Å². The van der Waals surface area contributed by atoms with Gasteiger partial charge in [-0.1, -0.05) is 29.3 Å². The number of amides is 1. The zero-order chi connectivity index (χ0) is 12.3. The van der Waals surface area contributed by atoms with E-state index in [4.69, 9.17) is 27.9 Å². The van der Waals surface area contributed by atoms with Crippen LogP contribution in [0.15, 0.2) is 18.2 Å². The van der Waals surface area contributed by atoms with Gasteiger partial charge in [0.15, 0.2) is 0 Å². The fourth-order valence-corrected chi connectivity index (χ4v) is 2.11. The number of benzene rings is 1. The summed E-state index contributed by atoms with van der Waals surface area (Å²) < 4.78 is 5.39. The molecule has 5 heteroatoms. The third kappa shape index (κ3) is 3.12. The Hall–Kier alpha value is -0.770. The average Bonchev–Trinajstić information content (AvgIpc) is 2.36. The van der Waals surface area contributed by atoms with Crippen LogP contribution >= 0.6 is 23.2 Å². The third-order valence-electron chi connectivity index (χ3n) is 2.68. The predicted octanol–water partition coefficient (Wildman–Crippen LogP) is 3.50. The summed E-state index contributed by atoms with van der Waals surface area (Å²) in [6.07, 6.45) is 2.41. The van der Waals surface area contributed by atoms with E-state index in [9.17, 15) is 4.79 Å². The standard InChI is InChI=1S/C12H13Cl2NO2/c13-8-4-3-5-9(11(8)14)15-12(16)10-6-1-2-7-17-10/h3-5,10H,1-2,6-7H2,(H,15,16). The average molecular weight is 274 g/mol. The Morgan fingerprint density at radius 3 is 2.88 bits per heavy atom. The van der Waals surface area contributed by atoms with Gasteiger partial charge in [0, 0.05) is 6.61 Å². The highest BCUT2D eigenvalue weighted by atomic mass is 35.5. The molecule has 1 aromatic carbocycles. The molecule has 0 radical (unpaired) electrons. The van der Waals surface area contributed by atoms with E-state index in [1.807, 2.05) is 0 Å². The van der Waals surface area contributed by atoms with Gasteiger partial charge in [-0.3, -0.25) is 4.79 Å². The minimum absolute atomic E-state index is 0.158. The van der Waals surface area contributed by atoms with Gasteiger partial charge in [0.05, 0.1) is 15.7 Å². The Morgan fingerprint density at radius 1 is 1.35 bits per heavy atom. The van der Waals surface area contributed by atoms with Crippen molar-refractivity contribution < 1.29 is 9.53 Å². The summed E-state index contributed by atoms with van der Waals surface area (Å²) in [5.74, 6) is -0.158. The van der Waals surface area contributed by atoms with Gasteiger partial charge < -0.3 is 10.1 Å². The van der Waals surface area contributed by atoms with E-state index in [1.54, 1.807) is 18.2 Å². The first-order chi connectivity index (χ1) is 8.18. The first-order valence-electron chi connectivity index (χ1n) is 5.55. The summed E-state index contributed by atoms with van der Waals surface area (Å²) in [4.78, 5) is 11.9. The molecule has 1 N–H and O–H groups in total. The number of anilines is 1. The summed E-state index contributed by atoms with van der Waals surface area (Å²) in [6, 6.07) is 5.14. The van der Waals surface area contributed by atoms with Gasteiger partial charge in [0.1, 0.15) is 6.10 Å². The smallest absolute Gasteiger partial charge is 0.253 e. The Bertz CT molecular complexity index is 417. The molecule has 2 rings (SSSR count). The number of halogens is 2. The van der Waals surface area contributed by atoms with Crippen molar-refractivity contribution in [3.8, 4) is 0 Å². The van der Waals surface area contributed by atoms with Crippen molar-refractivity contribution in [1.29, 1.82) is 0 Å². The second kappa shape index (κ2) is 5.71. The first kappa shape index (κ1) is 12.7. The molecule has 1 aliphatic heterocycles. The normalized spacial score (nSPS) is 20.0. The molecule has 3 nitrogen and oxygen atoms in total. The van der Waals surface area contributed by atoms with E-state index in [-0.39, 0.29) is 12.0 Å². The zero-order valence-corrected chi connectivity index (χ0v) is 10.7. The molecule has 1 aromatic rings. The van der Waals surface area contributed by atoms with Crippen molar-refractivity contribution in [2.45, 2.75) is 25.4 Å². The zero-order valence-electron chi connectivity index (χ0n) is 9.21. The third-order valence-corrected chi connectivity index (χ3v) is 3.50. The second-order valence-corrected chi connectivity index (χ2v) is 4.73. The Morgan fingerprint density at radius 2 is 2.18 bits per heavy atom. The monoisotopic (exact) mass is 273 g/mol. The van der Waals surface area contributed by atoms with E-state index < -0.39 is 0 Å². The molecule has 0 saturated carbocycles. The van der Waals surface area contributed by atoms with Gasteiger partial charge >= 0.3 is 0 Å². The first-order valence-corrected chi connectivity index (χ1v) is 6.30. The van der Waals surface area contributed by atoms with Crippen molar-refractivity contribution in [2.24, 2.45) is 0 Å². The fourth-order valence-electron chi connectivity index (χ4n) is 1.76. The molecule has 1 aliphatic rings. The molecule has 1 atom stereocenters. The second-order valence-electron chi connectivity index (χ2n) is 3.95. The highest BCUT2D eigenvalue weighted by Gasteiger charge is 2.22. The minimum atomic E-state index is -0.376. The summed E-state index contributed by atoms with van der Waals surface area (Å²) in [6.45, 7) is 0.640. The van der Waals surface area contributed by atoms with Crippen LogP contribution in [0.1, 0.15) is 19.3 Å². The Kier molecular flexibility index (Phi) is 4.26. The van der Waals surface area contributed by atoms with Crippen LogP contribution in [0.5, 0.6) is 0 Å². The highest BCUT2D eigenvalue weighted by Crippen LogP contribution is 2.30. The molecular weight excluding hydrogens is 261 g/mol. The lowest BCUT2D eigenvalue weighted by Crippen LogP contribution is -2.33. The number of hydrogen-bond donors (Lipinski definition) is 1. The maximum atomic E-state index is 11.9. The predicted molar refractivity (Wildman–Crippen MR) is 68.7 cm³/mol. The molecular formula is C12H13Cl2NO2. The number of hydrogen-bond acceptors (Lipinski definition) is 2. The van der Waals surface area contributed by atoms with Crippen LogP contribution in [0.2, 0.25) is 10.0 Å². The molecule has 1 saturated heterocycles. The van der Waals surface area contributed by atoms with E-state index in [2.05, 4.69) is 5.32 Å². The van der Waals surface area contributed by atoms with E-state index in [0.717, 1.165) is 19.3 Å². The van der Waals surface area contributed by atoms with Crippen molar-refractivity contribution in [1.82, 2.24) is 0 Å². The van der Waals surface area contributed by atoms with Gasteiger partial charge in [-0.2, -0.15) is 0 Å². The Labute approximate surface area is 110 Å². The summed E-state index contributed by atoms with van der Waals surface area (Å²) in [7, 11) is 0. The van der Waals surface area contributed by atoms with Crippen LogP contribution in [-0.2, 0) is 9.53 Å². The number of nitrogens with one attached hydrogen (secondary N) is 1. The molecule has 1 unspecified atom stereocenters. The highest BCUT2D eigenvalue weighted by molar-refractivity contribution is 6.44. The molecule has 1 heterocycles. The Balaban J connectivity index is 2.04. The van der Waals surface area contributed by atoms with Crippen LogP contribution in [0.3, 0.4) is 0 Å². The van der Waals surface area contributed by atoms with Crippen molar-refractivity contribution in [3.63, 3.8) is 0 Å². The maximum absolute atomic E-state index is 11.9. The fraction of sp³-hybridized carbons (Fsp3) is 0.417. The number of ether oxygens (including phenoxy) is 1. The van der Waals surface area contributed by atoms with Crippen LogP contribution in [-0.4, -0.2) is 18.6 Å². The van der Waals surface area contributed by atoms with Crippen LogP contribution in [0.4, 0.5) is 5.69 Å². The van der Waals surface area contributed by atoms with Crippen LogP contribution < -0.4 is 5.32 Å². The topological polar surface area (TPSA) is 38.3 Å². The van der Waals surface area contributed by atoms with Crippen molar-refractivity contribution in [3.05, 3.63) is 28.2 Å². The van der Waals surface area contributed by atoms with Gasteiger partial charge in [-0.05, 0) is 31.4 Å². The van der Waals surface area contributed by atoms with Gasteiger partial charge in [0.25, 0.3) is 5.91 Å². The summed E-state index contributed by atoms with van der Waals surface area (Å²) in [5, 5.41) is 3.53. The van der Waals surface area contributed by atoms with Gasteiger partial charge in [-0.15, -0.1) is 0 Å². The minimum Gasteiger partial charge on any atom is -0.368 e. The van der Waals surface area contributed by atoms with Crippen LogP contribution in [0, 0.1) is 0 Å². The maximum Gasteiger partial charge on any atom is 0.253 e. The lowest BCUT2D eigenvalue weighted by Gasteiger charge is -2.22. The number of carbonyl (C=O) groups excluding carboxylic acids is 1. The number of carbonyl (C=O) groups is 1. The number of rotatable bonds is 2. The molecule has 1 fully saturated rings. The molecule has 17 heavy (non-hydrogen) atoms. The SMILES string of the molecule is O=C(Nc1cccc(Cl)c1Cl)C1CCCCO1. The quantitative estimate of drug-likeness (QED) is 0.896. The molecule has 0 aliphatic carbocycles. The largest absolute Gasteiger partial charge is 0.368 e. The molecule has 0 aromatic heterocycles. The van der Waals surface area contributed by atoms with Gasteiger partial charge in [0.2, 0.25) is 0 Å². The van der Waals surface area contributed by atoms with E-state index in [1.165, 1.54) is 0 Å². The lowest BCUT2D eigenvalue weighted by atomic mass is 10.1. The summed E-state index contributed by atoms with van der Waals surface area (Å²) >= 11 is 11.9. The molecule has 1 amide bonds. The molecule has 0 bridgehead atoms. The molecule has 0 spiro atoms. The van der Waals surface area contributed by atoms with E-state index in [0.29, 0.717) is 22.3 Å². The van der Waals surface area contributed by atoms with Crippen molar-refractivity contribution in [2.75, 3.05) is 11.9 Å². The molecule has 92 valence electrons. The lowest BCUT2D eigenvalue weighted by molar-refractivity contribution is -0.129. The van der Waals surface area contributed by atoms with Crippen molar-refractivity contribution >= 4 is 34.8 Å².